The van der Waals surface area contributed by atoms with Crippen molar-refractivity contribution in [3.8, 4) is 11.5 Å². The van der Waals surface area contributed by atoms with Gasteiger partial charge in [-0.25, -0.2) is 0 Å². The van der Waals surface area contributed by atoms with Crippen molar-refractivity contribution in [2.24, 2.45) is 5.92 Å². The maximum atomic E-state index is 13.3. The molecule has 0 aromatic heterocycles. The van der Waals surface area contributed by atoms with Crippen LogP contribution in [0.4, 0.5) is 5.69 Å². The molecule has 9 nitrogen and oxygen atoms in total. The number of likely N-dealkylation sites (N-methyl/N-ethyl adjacent to an activating group) is 1. The SMILES string of the molecule is COc1cccc(C(=O)Nc2ccc3c(c2)OC[C@@H](C)N(C(C)=O)C[C@H](C)[C@H](OC)CN(C)C3=O)c1. The fraction of sp³-hybridized carbons (Fsp3) is 0.444. The van der Waals surface area contributed by atoms with Gasteiger partial charge in [-0.15, -0.1) is 0 Å². The Balaban J connectivity index is 1.93. The predicted octanol–water partition coefficient (Wildman–Crippen LogP) is 3.30. The molecule has 0 saturated heterocycles. The number of hydrogen-bond acceptors (Lipinski definition) is 6. The fourth-order valence-corrected chi connectivity index (χ4v) is 4.26. The molecule has 2 aromatic rings. The first-order valence-corrected chi connectivity index (χ1v) is 11.9. The molecule has 1 aliphatic rings. The van der Waals surface area contributed by atoms with Crippen molar-refractivity contribution in [2.75, 3.05) is 46.3 Å². The average Bonchev–Trinajstić information content (AvgIpc) is 2.87. The smallest absolute Gasteiger partial charge is 0.257 e. The number of fused-ring (bicyclic) bond motifs is 1. The van der Waals surface area contributed by atoms with Gasteiger partial charge in [-0.1, -0.05) is 13.0 Å². The molecule has 0 bridgehead atoms. The second-order valence-corrected chi connectivity index (χ2v) is 9.17. The number of carbonyl (C=O) groups is 3. The van der Waals surface area contributed by atoms with E-state index < -0.39 is 0 Å². The van der Waals surface area contributed by atoms with Crippen molar-refractivity contribution in [1.29, 1.82) is 0 Å². The summed E-state index contributed by atoms with van der Waals surface area (Å²) in [5.41, 5.74) is 1.27. The monoisotopic (exact) mass is 497 g/mol. The molecule has 0 unspecified atom stereocenters. The number of carbonyl (C=O) groups excluding carboxylic acids is 3. The summed E-state index contributed by atoms with van der Waals surface area (Å²) in [5, 5.41) is 2.85. The molecule has 0 radical (unpaired) electrons. The molecule has 9 heteroatoms. The second kappa shape index (κ2) is 11.9. The molecular weight excluding hydrogens is 462 g/mol. The van der Waals surface area contributed by atoms with E-state index in [0.29, 0.717) is 41.4 Å². The number of nitrogens with zero attached hydrogens (tertiary/aromatic N) is 2. The fourth-order valence-electron chi connectivity index (χ4n) is 4.26. The Labute approximate surface area is 212 Å². The Morgan fingerprint density at radius 2 is 1.83 bits per heavy atom. The highest BCUT2D eigenvalue weighted by Crippen LogP contribution is 2.27. The Bertz CT molecular complexity index is 1100. The number of methoxy groups -OCH3 is 2. The molecule has 3 atom stereocenters. The summed E-state index contributed by atoms with van der Waals surface area (Å²) in [7, 11) is 4.86. The van der Waals surface area contributed by atoms with Gasteiger partial charge < -0.3 is 29.3 Å². The van der Waals surface area contributed by atoms with Gasteiger partial charge in [0.1, 0.15) is 18.1 Å². The van der Waals surface area contributed by atoms with Gasteiger partial charge in [0.05, 0.1) is 24.8 Å². The third-order valence-corrected chi connectivity index (χ3v) is 6.44. The van der Waals surface area contributed by atoms with Gasteiger partial charge in [0.15, 0.2) is 0 Å². The van der Waals surface area contributed by atoms with E-state index in [9.17, 15) is 14.4 Å². The highest BCUT2D eigenvalue weighted by atomic mass is 16.5. The minimum Gasteiger partial charge on any atom is -0.497 e. The van der Waals surface area contributed by atoms with E-state index in [1.54, 1.807) is 66.4 Å². The summed E-state index contributed by atoms with van der Waals surface area (Å²) in [6.45, 7) is 6.46. The van der Waals surface area contributed by atoms with E-state index in [2.05, 4.69) is 5.32 Å². The third-order valence-electron chi connectivity index (χ3n) is 6.44. The van der Waals surface area contributed by atoms with Crippen molar-refractivity contribution in [1.82, 2.24) is 9.80 Å². The van der Waals surface area contributed by atoms with Crippen LogP contribution in [0.3, 0.4) is 0 Å². The molecule has 0 saturated carbocycles. The lowest BCUT2D eigenvalue weighted by atomic mass is 10.0. The largest absolute Gasteiger partial charge is 0.497 e. The molecule has 2 aromatic carbocycles. The zero-order chi connectivity index (χ0) is 26.4. The lowest BCUT2D eigenvalue weighted by molar-refractivity contribution is -0.133. The summed E-state index contributed by atoms with van der Waals surface area (Å²) in [4.78, 5) is 41.9. The number of amides is 3. The molecule has 1 aliphatic heterocycles. The molecule has 0 spiro atoms. The van der Waals surface area contributed by atoms with E-state index in [-0.39, 0.29) is 42.4 Å². The molecule has 3 amide bonds. The maximum Gasteiger partial charge on any atom is 0.257 e. The Hall–Kier alpha value is -3.59. The molecular formula is C27H35N3O6. The van der Waals surface area contributed by atoms with Crippen LogP contribution in [-0.4, -0.2) is 80.6 Å². The van der Waals surface area contributed by atoms with Crippen LogP contribution in [0.5, 0.6) is 11.5 Å². The zero-order valence-corrected chi connectivity index (χ0v) is 21.7. The normalized spacial score (nSPS) is 20.9. The van der Waals surface area contributed by atoms with Crippen LogP contribution >= 0.6 is 0 Å². The molecule has 0 aliphatic carbocycles. The van der Waals surface area contributed by atoms with Gasteiger partial charge in [0.25, 0.3) is 11.8 Å². The van der Waals surface area contributed by atoms with E-state index in [0.717, 1.165) is 0 Å². The van der Waals surface area contributed by atoms with Crippen LogP contribution in [0.1, 0.15) is 41.5 Å². The first-order valence-electron chi connectivity index (χ1n) is 11.9. The zero-order valence-electron chi connectivity index (χ0n) is 21.7. The van der Waals surface area contributed by atoms with Crippen LogP contribution in [0.15, 0.2) is 42.5 Å². The number of rotatable bonds is 4. The summed E-state index contributed by atoms with van der Waals surface area (Å²) in [5.74, 6) is 0.302. The van der Waals surface area contributed by atoms with Gasteiger partial charge in [0, 0.05) is 57.4 Å². The number of benzene rings is 2. The minimum absolute atomic E-state index is 0.00435. The number of nitrogens with one attached hydrogen (secondary N) is 1. The summed E-state index contributed by atoms with van der Waals surface area (Å²) >= 11 is 0. The van der Waals surface area contributed by atoms with Gasteiger partial charge >= 0.3 is 0 Å². The van der Waals surface area contributed by atoms with Crippen molar-refractivity contribution >= 4 is 23.4 Å². The lowest BCUT2D eigenvalue weighted by Crippen LogP contribution is -2.48. The van der Waals surface area contributed by atoms with Crippen LogP contribution in [0.25, 0.3) is 0 Å². The van der Waals surface area contributed by atoms with Crippen LogP contribution in [0, 0.1) is 5.92 Å². The summed E-state index contributed by atoms with van der Waals surface area (Å²) in [6, 6.07) is 11.5. The van der Waals surface area contributed by atoms with Crippen LogP contribution in [0.2, 0.25) is 0 Å². The number of ether oxygens (including phenoxy) is 3. The number of anilines is 1. The molecule has 3 rings (SSSR count). The molecule has 0 fully saturated rings. The molecule has 36 heavy (non-hydrogen) atoms. The van der Waals surface area contributed by atoms with Crippen LogP contribution < -0.4 is 14.8 Å². The van der Waals surface area contributed by atoms with E-state index in [4.69, 9.17) is 14.2 Å². The maximum absolute atomic E-state index is 13.3. The van der Waals surface area contributed by atoms with E-state index >= 15 is 0 Å². The molecule has 1 heterocycles. The van der Waals surface area contributed by atoms with Crippen LogP contribution in [-0.2, 0) is 9.53 Å². The topological polar surface area (TPSA) is 97.4 Å². The summed E-state index contributed by atoms with van der Waals surface area (Å²) < 4.78 is 17.0. The van der Waals surface area contributed by atoms with Crippen molar-refractivity contribution in [3.63, 3.8) is 0 Å². The average molecular weight is 498 g/mol. The lowest BCUT2D eigenvalue weighted by Gasteiger charge is -2.35. The summed E-state index contributed by atoms with van der Waals surface area (Å²) in [6.07, 6.45) is -0.252. The molecule has 194 valence electrons. The molecule has 1 N–H and O–H groups in total. The van der Waals surface area contributed by atoms with E-state index in [1.807, 2.05) is 13.8 Å². The number of hydrogen-bond donors (Lipinski definition) is 1. The Kier molecular flexibility index (Phi) is 8.93. The van der Waals surface area contributed by atoms with E-state index in [1.165, 1.54) is 14.0 Å². The van der Waals surface area contributed by atoms with Gasteiger partial charge in [-0.3, -0.25) is 14.4 Å². The van der Waals surface area contributed by atoms with Crippen molar-refractivity contribution < 1.29 is 28.6 Å². The highest BCUT2D eigenvalue weighted by molar-refractivity contribution is 6.05. The highest BCUT2D eigenvalue weighted by Gasteiger charge is 2.29. The van der Waals surface area contributed by atoms with Crippen molar-refractivity contribution in [3.05, 3.63) is 53.6 Å². The Morgan fingerprint density at radius 3 is 2.50 bits per heavy atom. The van der Waals surface area contributed by atoms with Gasteiger partial charge in [-0.2, -0.15) is 0 Å². The third kappa shape index (κ3) is 6.34. The van der Waals surface area contributed by atoms with Gasteiger partial charge in [0.2, 0.25) is 5.91 Å². The standard InChI is InChI=1S/C27H35N3O6/c1-17-14-30(19(3)31)18(2)16-36-24-13-21(28-26(32)20-8-7-9-22(12-20)34-5)10-11-23(24)27(33)29(4)15-25(17)35-6/h7-13,17-18,25H,14-16H2,1-6H3,(H,28,32)/t17-,18+,25+/m0/s1. The quantitative estimate of drug-likeness (QED) is 0.696. The Morgan fingerprint density at radius 1 is 1.08 bits per heavy atom. The first kappa shape index (κ1) is 27.0. The van der Waals surface area contributed by atoms with Gasteiger partial charge in [-0.05, 0) is 37.3 Å². The second-order valence-electron chi connectivity index (χ2n) is 9.17. The predicted molar refractivity (Wildman–Crippen MR) is 137 cm³/mol. The first-order chi connectivity index (χ1) is 17.1. The van der Waals surface area contributed by atoms with Crippen molar-refractivity contribution in [2.45, 2.75) is 32.9 Å². The minimum atomic E-state index is -0.321.